The SMILES string of the molecule is C#CCCCOc1ccc(Br)c(CC(C)N)c1. The van der Waals surface area contributed by atoms with Crippen molar-refractivity contribution in [1.29, 1.82) is 0 Å². The summed E-state index contributed by atoms with van der Waals surface area (Å²) in [5.74, 6) is 3.47. The Hall–Kier alpha value is -0.980. The van der Waals surface area contributed by atoms with Gasteiger partial charge in [-0.2, -0.15) is 0 Å². The number of terminal acetylenes is 1. The van der Waals surface area contributed by atoms with Crippen LogP contribution in [0, 0.1) is 12.3 Å². The summed E-state index contributed by atoms with van der Waals surface area (Å²) in [5, 5.41) is 0. The fraction of sp³-hybridized carbons (Fsp3) is 0.429. The van der Waals surface area contributed by atoms with Crippen LogP contribution in [0.15, 0.2) is 22.7 Å². The van der Waals surface area contributed by atoms with E-state index in [0.717, 1.165) is 29.5 Å². The van der Waals surface area contributed by atoms with E-state index in [4.69, 9.17) is 16.9 Å². The van der Waals surface area contributed by atoms with Gasteiger partial charge in [0.05, 0.1) is 6.61 Å². The van der Waals surface area contributed by atoms with Crippen LogP contribution in [-0.4, -0.2) is 12.6 Å². The molecule has 0 aliphatic rings. The highest BCUT2D eigenvalue weighted by Crippen LogP contribution is 2.23. The molecule has 0 radical (unpaired) electrons. The second-order valence-electron chi connectivity index (χ2n) is 4.09. The van der Waals surface area contributed by atoms with E-state index < -0.39 is 0 Å². The molecule has 2 nitrogen and oxygen atoms in total. The number of nitrogens with two attached hydrogens (primary N) is 1. The molecule has 1 unspecified atom stereocenters. The van der Waals surface area contributed by atoms with Crippen molar-refractivity contribution in [3.05, 3.63) is 28.2 Å². The van der Waals surface area contributed by atoms with Crippen LogP contribution in [0.1, 0.15) is 25.3 Å². The molecule has 0 bridgehead atoms. The molecule has 1 aromatic rings. The van der Waals surface area contributed by atoms with Crippen molar-refractivity contribution >= 4 is 15.9 Å². The van der Waals surface area contributed by atoms with E-state index in [0.29, 0.717) is 6.61 Å². The second kappa shape index (κ2) is 7.37. The lowest BCUT2D eigenvalue weighted by Gasteiger charge is -2.11. The van der Waals surface area contributed by atoms with Crippen LogP contribution in [0.4, 0.5) is 0 Å². The molecule has 0 aliphatic carbocycles. The third kappa shape index (κ3) is 5.25. The molecule has 1 aromatic carbocycles. The normalized spacial score (nSPS) is 11.9. The Bertz CT molecular complexity index is 396. The minimum Gasteiger partial charge on any atom is -0.494 e. The van der Waals surface area contributed by atoms with Gasteiger partial charge in [0.2, 0.25) is 0 Å². The molecule has 0 spiro atoms. The van der Waals surface area contributed by atoms with Crippen LogP contribution in [0.5, 0.6) is 5.75 Å². The summed E-state index contributed by atoms with van der Waals surface area (Å²) in [6.07, 6.45) is 7.65. The Morgan fingerprint density at radius 1 is 1.53 bits per heavy atom. The second-order valence-corrected chi connectivity index (χ2v) is 4.95. The monoisotopic (exact) mass is 295 g/mol. The van der Waals surface area contributed by atoms with Gasteiger partial charge >= 0.3 is 0 Å². The van der Waals surface area contributed by atoms with E-state index in [-0.39, 0.29) is 6.04 Å². The van der Waals surface area contributed by atoms with Gasteiger partial charge in [-0.3, -0.25) is 0 Å². The maximum Gasteiger partial charge on any atom is 0.119 e. The van der Waals surface area contributed by atoms with E-state index in [1.54, 1.807) is 0 Å². The fourth-order valence-electron chi connectivity index (χ4n) is 1.51. The highest BCUT2D eigenvalue weighted by Gasteiger charge is 2.05. The van der Waals surface area contributed by atoms with E-state index >= 15 is 0 Å². The van der Waals surface area contributed by atoms with Gasteiger partial charge < -0.3 is 10.5 Å². The largest absolute Gasteiger partial charge is 0.494 e. The van der Waals surface area contributed by atoms with Gasteiger partial charge in [-0.1, -0.05) is 15.9 Å². The average Bonchev–Trinajstić information content (AvgIpc) is 2.28. The summed E-state index contributed by atoms with van der Waals surface area (Å²) in [6.45, 7) is 2.65. The Morgan fingerprint density at radius 3 is 2.94 bits per heavy atom. The Kier molecular flexibility index (Phi) is 6.10. The third-order valence-electron chi connectivity index (χ3n) is 2.29. The van der Waals surface area contributed by atoms with E-state index in [1.807, 2.05) is 25.1 Å². The zero-order valence-electron chi connectivity index (χ0n) is 10.1. The highest BCUT2D eigenvalue weighted by atomic mass is 79.9. The highest BCUT2D eigenvalue weighted by molar-refractivity contribution is 9.10. The fourth-order valence-corrected chi connectivity index (χ4v) is 1.92. The zero-order valence-corrected chi connectivity index (χ0v) is 11.7. The molecule has 0 saturated heterocycles. The van der Waals surface area contributed by atoms with Gasteiger partial charge in [-0.05, 0) is 43.5 Å². The third-order valence-corrected chi connectivity index (χ3v) is 3.07. The van der Waals surface area contributed by atoms with Gasteiger partial charge in [0.15, 0.2) is 0 Å². The lowest BCUT2D eigenvalue weighted by molar-refractivity contribution is 0.312. The van der Waals surface area contributed by atoms with Crippen LogP contribution in [0.25, 0.3) is 0 Å². The lowest BCUT2D eigenvalue weighted by atomic mass is 10.1. The van der Waals surface area contributed by atoms with Gasteiger partial charge in [-0.15, -0.1) is 12.3 Å². The van der Waals surface area contributed by atoms with Crippen molar-refractivity contribution in [2.75, 3.05) is 6.61 Å². The molecule has 0 amide bonds. The molecule has 2 N–H and O–H groups in total. The smallest absolute Gasteiger partial charge is 0.119 e. The van der Waals surface area contributed by atoms with E-state index in [9.17, 15) is 0 Å². The number of benzene rings is 1. The van der Waals surface area contributed by atoms with Crippen molar-refractivity contribution < 1.29 is 4.74 Å². The topological polar surface area (TPSA) is 35.2 Å². The molecular formula is C14H18BrNO. The number of rotatable bonds is 6. The van der Waals surface area contributed by atoms with E-state index in [1.165, 1.54) is 5.56 Å². The molecular weight excluding hydrogens is 278 g/mol. The average molecular weight is 296 g/mol. The molecule has 0 aliphatic heterocycles. The van der Waals surface area contributed by atoms with E-state index in [2.05, 4.69) is 21.9 Å². The first-order chi connectivity index (χ1) is 8.13. The summed E-state index contributed by atoms with van der Waals surface area (Å²) in [4.78, 5) is 0. The summed E-state index contributed by atoms with van der Waals surface area (Å²) >= 11 is 3.51. The predicted molar refractivity (Wildman–Crippen MR) is 75.1 cm³/mol. The number of halogens is 1. The zero-order chi connectivity index (χ0) is 12.7. The van der Waals surface area contributed by atoms with Crippen molar-refractivity contribution in [2.45, 2.75) is 32.2 Å². The molecule has 0 fully saturated rings. The first-order valence-electron chi connectivity index (χ1n) is 5.73. The van der Waals surface area contributed by atoms with Crippen molar-refractivity contribution in [1.82, 2.24) is 0 Å². The Labute approximate surface area is 112 Å². The molecule has 3 heteroatoms. The van der Waals surface area contributed by atoms with Crippen LogP contribution >= 0.6 is 15.9 Å². The van der Waals surface area contributed by atoms with Gasteiger partial charge in [0.25, 0.3) is 0 Å². The minimum absolute atomic E-state index is 0.142. The minimum atomic E-state index is 0.142. The molecule has 1 rings (SSSR count). The number of ether oxygens (including phenoxy) is 1. The molecule has 17 heavy (non-hydrogen) atoms. The number of hydrogen-bond acceptors (Lipinski definition) is 2. The number of hydrogen-bond donors (Lipinski definition) is 1. The van der Waals surface area contributed by atoms with Crippen LogP contribution < -0.4 is 10.5 Å². The molecule has 0 heterocycles. The van der Waals surface area contributed by atoms with Crippen LogP contribution in [-0.2, 0) is 6.42 Å². The Balaban J connectivity index is 2.59. The quantitative estimate of drug-likeness (QED) is 0.646. The van der Waals surface area contributed by atoms with Crippen molar-refractivity contribution in [2.24, 2.45) is 5.73 Å². The summed E-state index contributed by atoms with van der Waals surface area (Å²) in [7, 11) is 0. The van der Waals surface area contributed by atoms with Crippen LogP contribution in [0.2, 0.25) is 0 Å². The van der Waals surface area contributed by atoms with Crippen LogP contribution in [0.3, 0.4) is 0 Å². The number of unbranched alkanes of at least 4 members (excludes halogenated alkanes) is 1. The maximum atomic E-state index is 5.80. The standard InChI is InChI=1S/C14H18BrNO/c1-3-4-5-8-17-13-6-7-14(15)12(10-13)9-11(2)16/h1,6-7,10-11H,4-5,8-9,16H2,2H3. The first-order valence-corrected chi connectivity index (χ1v) is 6.53. The lowest BCUT2D eigenvalue weighted by Crippen LogP contribution is -2.18. The summed E-state index contributed by atoms with van der Waals surface area (Å²) < 4.78 is 6.70. The van der Waals surface area contributed by atoms with Crippen molar-refractivity contribution in [3.63, 3.8) is 0 Å². The van der Waals surface area contributed by atoms with Gasteiger partial charge in [-0.25, -0.2) is 0 Å². The predicted octanol–water partition coefficient (Wildman–Crippen LogP) is 3.13. The Morgan fingerprint density at radius 2 is 2.29 bits per heavy atom. The first kappa shape index (κ1) is 14.1. The molecule has 0 saturated carbocycles. The molecule has 1 atom stereocenters. The van der Waals surface area contributed by atoms with Gasteiger partial charge in [0.1, 0.15) is 5.75 Å². The molecule has 0 aromatic heterocycles. The van der Waals surface area contributed by atoms with Gasteiger partial charge in [0, 0.05) is 16.9 Å². The van der Waals surface area contributed by atoms with Crippen molar-refractivity contribution in [3.8, 4) is 18.1 Å². The summed E-state index contributed by atoms with van der Waals surface area (Å²) in [6, 6.07) is 6.12. The summed E-state index contributed by atoms with van der Waals surface area (Å²) in [5.41, 5.74) is 6.97. The molecule has 92 valence electrons. The maximum absolute atomic E-state index is 5.80.